The Balaban J connectivity index is 2.37. The third-order valence-electron chi connectivity index (χ3n) is 2.05. The van der Waals surface area contributed by atoms with E-state index in [-0.39, 0.29) is 0 Å². The first-order chi connectivity index (χ1) is 7.26. The van der Waals surface area contributed by atoms with Crippen LogP contribution in [0.15, 0.2) is 18.2 Å². The SMILES string of the molecule is COc1cccc(CSCC(C)CN)n1. The summed E-state index contributed by atoms with van der Waals surface area (Å²) < 4.78 is 5.06. The van der Waals surface area contributed by atoms with Gasteiger partial charge >= 0.3 is 0 Å². The van der Waals surface area contributed by atoms with Gasteiger partial charge in [-0.2, -0.15) is 11.8 Å². The molecule has 1 aromatic heterocycles. The van der Waals surface area contributed by atoms with Crippen LogP contribution in [-0.2, 0) is 5.75 Å². The zero-order valence-electron chi connectivity index (χ0n) is 9.27. The fourth-order valence-corrected chi connectivity index (χ4v) is 2.11. The van der Waals surface area contributed by atoms with Crippen molar-refractivity contribution >= 4 is 11.8 Å². The second-order valence-electron chi connectivity index (χ2n) is 3.53. The van der Waals surface area contributed by atoms with Gasteiger partial charge in [-0.05, 0) is 24.3 Å². The molecule has 1 rings (SSSR count). The van der Waals surface area contributed by atoms with Gasteiger partial charge in [-0.1, -0.05) is 13.0 Å². The number of aromatic nitrogens is 1. The highest BCUT2D eigenvalue weighted by Gasteiger charge is 2.01. The number of hydrogen-bond donors (Lipinski definition) is 1. The smallest absolute Gasteiger partial charge is 0.213 e. The van der Waals surface area contributed by atoms with Crippen LogP contribution in [0.4, 0.5) is 0 Å². The predicted molar refractivity (Wildman–Crippen MR) is 65.2 cm³/mol. The summed E-state index contributed by atoms with van der Waals surface area (Å²) in [4.78, 5) is 4.34. The first-order valence-electron chi connectivity index (χ1n) is 5.04. The van der Waals surface area contributed by atoms with Crippen molar-refractivity contribution in [1.82, 2.24) is 4.98 Å². The topological polar surface area (TPSA) is 48.1 Å². The highest BCUT2D eigenvalue weighted by Crippen LogP contribution is 2.15. The molecule has 0 saturated carbocycles. The van der Waals surface area contributed by atoms with Crippen molar-refractivity contribution in [1.29, 1.82) is 0 Å². The molecule has 0 saturated heterocycles. The molecular formula is C11H18N2OS. The number of hydrogen-bond acceptors (Lipinski definition) is 4. The van der Waals surface area contributed by atoms with Crippen LogP contribution in [0.3, 0.4) is 0 Å². The van der Waals surface area contributed by atoms with Crippen LogP contribution < -0.4 is 10.5 Å². The first-order valence-corrected chi connectivity index (χ1v) is 6.19. The summed E-state index contributed by atoms with van der Waals surface area (Å²) in [5.74, 6) is 3.25. The average molecular weight is 226 g/mol. The molecule has 1 atom stereocenters. The Morgan fingerprint density at radius 2 is 2.33 bits per heavy atom. The minimum absolute atomic E-state index is 0.570. The van der Waals surface area contributed by atoms with E-state index in [1.807, 2.05) is 30.0 Å². The molecule has 3 nitrogen and oxygen atoms in total. The number of methoxy groups -OCH3 is 1. The summed E-state index contributed by atoms with van der Waals surface area (Å²) in [5.41, 5.74) is 6.61. The van der Waals surface area contributed by atoms with E-state index in [0.29, 0.717) is 11.8 Å². The standard InChI is InChI=1S/C11H18N2OS/c1-9(6-12)7-15-8-10-4-3-5-11(13-10)14-2/h3-5,9H,6-8,12H2,1-2H3. The zero-order chi connectivity index (χ0) is 11.1. The Bertz CT molecular complexity index is 294. The van der Waals surface area contributed by atoms with E-state index in [4.69, 9.17) is 10.5 Å². The maximum atomic E-state index is 5.55. The highest BCUT2D eigenvalue weighted by molar-refractivity contribution is 7.98. The molecule has 1 unspecified atom stereocenters. The third-order valence-corrected chi connectivity index (χ3v) is 3.35. The summed E-state index contributed by atoms with van der Waals surface area (Å²) in [6, 6.07) is 5.84. The lowest BCUT2D eigenvalue weighted by atomic mass is 10.2. The maximum absolute atomic E-state index is 5.55. The summed E-state index contributed by atoms with van der Waals surface area (Å²) in [7, 11) is 1.63. The summed E-state index contributed by atoms with van der Waals surface area (Å²) in [6.07, 6.45) is 0. The van der Waals surface area contributed by atoms with Gasteiger partial charge < -0.3 is 10.5 Å². The molecule has 0 amide bonds. The minimum atomic E-state index is 0.570. The number of nitrogens with zero attached hydrogens (tertiary/aromatic N) is 1. The monoisotopic (exact) mass is 226 g/mol. The Kier molecular flexibility index (Phi) is 5.50. The van der Waals surface area contributed by atoms with Crippen LogP contribution in [0.25, 0.3) is 0 Å². The van der Waals surface area contributed by atoms with Crippen LogP contribution in [-0.4, -0.2) is 24.4 Å². The van der Waals surface area contributed by atoms with E-state index in [0.717, 1.165) is 23.7 Å². The zero-order valence-corrected chi connectivity index (χ0v) is 10.1. The normalized spacial score (nSPS) is 12.5. The quantitative estimate of drug-likeness (QED) is 0.805. The van der Waals surface area contributed by atoms with Crippen LogP contribution in [0.2, 0.25) is 0 Å². The van der Waals surface area contributed by atoms with Crippen molar-refractivity contribution in [2.24, 2.45) is 11.7 Å². The summed E-state index contributed by atoms with van der Waals surface area (Å²) >= 11 is 1.86. The van der Waals surface area contributed by atoms with E-state index < -0.39 is 0 Å². The predicted octanol–water partition coefficient (Wildman–Crippen LogP) is 1.92. The molecule has 0 aromatic carbocycles. The maximum Gasteiger partial charge on any atom is 0.213 e. The van der Waals surface area contributed by atoms with Crippen molar-refractivity contribution in [3.05, 3.63) is 23.9 Å². The molecule has 2 N–H and O–H groups in total. The van der Waals surface area contributed by atoms with E-state index in [2.05, 4.69) is 11.9 Å². The highest BCUT2D eigenvalue weighted by atomic mass is 32.2. The Labute approximate surface area is 95.4 Å². The Morgan fingerprint density at radius 3 is 3.00 bits per heavy atom. The number of rotatable bonds is 6. The lowest BCUT2D eigenvalue weighted by Gasteiger charge is -2.07. The van der Waals surface area contributed by atoms with Crippen LogP contribution >= 0.6 is 11.8 Å². The Morgan fingerprint density at radius 1 is 1.53 bits per heavy atom. The van der Waals surface area contributed by atoms with Crippen LogP contribution in [0.5, 0.6) is 5.88 Å². The van der Waals surface area contributed by atoms with Gasteiger partial charge in [0.1, 0.15) is 0 Å². The molecule has 0 spiro atoms. The van der Waals surface area contributed by atoms with Gasteiger partial charge in [0, 0.05) is 11.8 Å². The Hall–Kier alpha value is -0.740. The molecule has 0 aliphatic heterocycles. The largest absolute Gasteiger partial charge is 0.481 e. The van der Waals surface area contributed by atoms with Gasteiger partial charge in [0.15, 0.2) is 0 Å². The molecule has 4 heteroatoms. The molecule has 0 aliphatic carbocycles. The van der Waals surface area contributed by atoms with Crippen molar-refractivity contribution in [2.75, 3.05) is 19.4 Å². The fourth-order valence-electron chi connectivity index (χ4n) is 1.08. The molecule has 0 bridgehead atoms. The van der Waals surface area contributed by atoms with Gasteiger partial charge in [0.05, 0.1) is 12.8 Å². The fraction of sp³-hybridized carbons (Fsp3) is 0.545. The second-order valence-corrected chi connectivity index (χ2v) is 4.56. The third kappa shape index (κ3) is 4.53. The van der Waals surface area contributed by atoms with Gasteiger partial charge in [-0.25, -0.2) is 4.98 Å². The van der Waals surface area contributed by atoms with Gasteiger partial charge in [-0.3, -0.25) is 0 Å². The molecule has 1 heterocycles. The lowest BCUT2D eigenvalue weighted by molar-refractivity contribution is 0.397. The second kappa shape index (κ2) is 6.69. The minimum Gasteiger partial charge on any atom is -0.481 e. The van der Waals surface area contributed by atoms with Crippen molar-refractivity contribution in [2.45, 2.75) is 12.7 Å². The number of nitrogens with two attached hydrogens (primary N) is 1. The number of ether oxygens (including phenoxy) is 1. The molecular weight excluding hydrogens is 208 g/mol. The van der Waals surface area contributed by atoms with Crippen LogP contribution in [0.1, 0.15) is 12.6 Å². The molecule has 15 heavy (non-hydrogen) atoms. The van der Waals surface area contributed by atoms with Crippen molar-refractivity contribution in [3.8, 4) is 5.88 Å². The van der Waals surface area contributed by atoms with Gasteiger partial charge in [-0.15, -0.1) is 0 Å². The van der Waals surface area contributed by atoms with Gasteiger partial charge in [0.25, 0.3) is 0 Å². The summed E-state index contributed by atoms with van der Waals surface area (Å²) in [6.45, 7) is 2.91. The summed E-state index contributed by atoms with van der Waals surface area (Å²) in [5, 5.41) is 0. The van der Waals surface area contributed by atoms with E-state index in [1.54, 1.807) is 7.11 Å². The first kappa shape index (κ1) is 12.3. The number of thioether (sulfide) groups is 1. The molecule has 1 aromatic rings. The van der Waals surface area contributed by atoms with E-state index >= 15 is 0 Å². The van der Waals surface area contributed by atoms with E-state index in [9.17, 15) is 0 Å². The molecule has 84 valence electrons. The van der Waals surface area contributed by atoms with Gasteiger partial charge in [0.2, 0.25) is 5.88 Å². The van der Waals surface area contributed by atoms with Crippen molar-refractivity contribution in [3.63, 3.8) is 0 Å². The van der Waals surface area contributed by atoms with E-state index in [1.165, 1.54) is 0 Å². The van der Waals surface area contributed by atoms with Crippen molar-refractivity contribution < 1.29 is 4.74 Å². The lowest BCUT2D eigenvalue weighted by Crippen LogP contribution is -2.12. The number of pyridine rings is 1. The molecule has 0 fully saturated rings. The van der Waals surface area contributed by atoms with Crippen LogP contribution in [0, 0.1) is 5.92 Å². The molecule has 0 aliphatic rings. The average Bonchev–Trinajstić information content (AvgIpc) is 2.29. The molecule has 0 radical (unpaired) electrons.